The predicted molar refractivity (Wildman–Crippen MR) is 94.2 cm³/mol. The minimum Gasteiger partial charge on any atom is -0.445 e. The Morgan fingerprint density at radius 2 is 2.04 bits per heavy atom. The van der Waals surface area contributed by atoms with Crippen molar-refractivity contribution in [2.24, 2.45) is 0 Å². The second kappa shape index (κ2) is 9.16. The van der Waals surface area contributed by atoms with Gasteiger partial charge in [0.05, 0.1) is 11.6 Å². The van der Waals surface area contributed by atoms with Gasteiger partial charge in [0.25, 0.3) is 0 Å². The van der Waals surface area contributed by atoms with Gasteiger partial charge in [-0.3, -0.25) is 0 Å². The van der Waals surface area contributed by atoms with Crippen molar-refractivity contribution in [3.63, 3.8) is 0 Å². The van der Waals surface area contributed by atoms with Crippen LogP contribution in [0.15, 0.2) is 54.6 Å². The topological polar surface area (TPSA) is 62.1 Å². The third-order valence-electron chi connectivity index (χ3n) is 3.42. The van der Waals surface area contributed by atoms with E-state index in [1.54, 1.807) is 0 Å². The summed E-state index contributed by atoms with van der Waals surface area (Å²) in [5.41, 5.74) is 3.60. The van der Waals surface area contributed by atoms with Crippen molar-refractivity contribution >= 4 is 12.2 Å². The first-order chi connectivity index (χ1) is 11.7. The summed E-state index contributed by atoms with van der Waals surface area (Å²) in [5, 5.41) is 11.8. The fourth-order valence-electron chi connectivity index (χ4n) is 2.16. The highest BCUT2D eigenvalue weighted by Crippen LogP contribution is 2.12. The monoisotopic (exact) mass is 320 g/mol. The van der Waals surface area contributed by atoms with Gasteiger partial charge in [-0.1, -0.05) is 60.2 Å². The third kappa shape index (κ3) is 5.62. The van der Waals surface area contributed by atoms with Gasteiger partial charge in [0.15, 0.2) is 0 Å². The minimum atomic E-state index is -0.430. The summed E-state index contributed by atoms with van der Waals surface area (Å²) < 4.78 is 5.13. The van der Waals surface area contributed by atoms with E-state index in [-0.39, 0.29) is 6.61 Å². The molecule has 0 saturated heterocycles. The molecule has 0 radical (unpaired) electrons. The molecule has 1 amide bonds. The molecule has 4 heteroatoms. The molecule has 2 rings (SSSR count). The number of ether oxygens (including phenoxy) is 1. The van der Waals surface area contributed by atoms with Crippen molar-refractivity contribution in [2.75, 3.05) is 6.54 Å². The fraction of sp³-hybridized carbons (Fsp3) is 0.200. The quantitative estimate of drug-likeness (QED) is 0.812. The van der Waals surface area contributed by atoms with Crippen LogP contribution in [0.4, 0.5) is 4.79 Å². The number of benzene rings is 2. The van der Waals surface area contributed by atoms with Crippen LogP contribution in [0.5, 0.6) is 0 Å². The second-order valence-corrected chi connectivity index (χ2v) is 5.38. The van der Waals surface area contributed by atoms with E-state index >= 15 is 0 Å². The van der Waals surface area contributed by atoms with Crippen molar-refractivity contribution in [3.8, 4) is 6.07 Å². The predicted octanol–water partition coefficient (Wildman–Crippen LogP) is 4.20. The number of alkyl carbamates (subject to hydrolysis) is 1. The molecule has 0 bridgehead atoms. The number of hydrogen-bond acceptors (Lipinski definition) is 3. The zero-order valence-corrected chi connectivity index (χ0v) is 13.7. The lowest BCUT2D eigenvalue weighted by Crippen LogP contribution is -2.24. The Morgan fingerprint density at radius 3 is 2.79 bits per heavy atom. The Balaban J connectivity index is 1.72. The van der Waals surface area contributed by atoms with E-state index in [2.05, 4.69) is 11.4 Å². The molecule has 4 nitrogen and oxygen atoms in total. The Bertz CT molecular complexity index is 746. The summed E-state index contributed by atoms with van der Waals surface area (Å²) in [4.78, 5) is 11.6. The van der Waals surface area contributed by atoms with E-state index in [9.17, 15) is 4.79 Å². The largest absolute Gasteiger partial charge is 0.445 e. The number of aryl methyl sites for hydroxylation is 1. The Hall–Kier alpha value is -3.06. The van der Waals surface area contributed by atoms with Gasteiger partial charge in [-0.15, -0.1) is 0 Å². The molecule has 1 N–H and O–H groups in total. The summed E-state index contributed by atoms with van der Waals surface area (Å²) in [5.74, 6) is 0. The number of nitrogens with one attached hydrogen (secondary N) is 1. The van der Waals surface area contributed by atoms with E-state index in [4.69, 9.17) is 10.00 Å². The van der Waals surface area contributed by atoms with E-state index in [1.165, 1.54) is 0 Å². The van der Waals surface area contributed by atoms with E-state index in [1.807, 2.05) is 67.6 Å². The van der Waals surface area contributed by atoms with Gasteiger partial charge in [-0.2, -0.15) is 5.26 Å². The number of hydrogen-bond donors (Lipinski definition) is 1. The lowest BCUT2D eigenvalue weighted by molar-refractivity contribution is 0.140. The van der Waals surface area contributed by atoms with Gasteiger partial charge in [0.2, 0.25) is 0 Å². The number of nitriles is 1. The highest BCUT2D eigenvalue weighted by Gasteiger charge is 2.01. The summed E-state index contributed by atoms with van der Waals surface area (Å²) in [6, 6.07) is 17.4. The van der Waals surface area contributed by atoms with Gasteiger partial charge in [0, 0.05) is 6.54 Å². The first kappa shape index (κ1) is 17.3. The van der Waals surface area contributed by atoms with Crippen LogP contribution in [0.25, 0.3) is 6.08 Å². The zero-order chi connectivity index (χ0) is 17.2. The van der Waals surface area contributed by atoms with Crippen molar-refractivity contribution in [2.45, 2.75) is 20.0 Å². The summed E-state index contributed by atoms with van der Waals surface area (Å²) >= 11 is 0. The molecule has 0 aliphatic carbocycles. The van der Waals surface area contributed by atoms with Crippen molar-refractivity contribution < 1.29 is 9.53 Å². The SMILES string of the molecule is Cc1ccc(C#N)c(C=CCCNC(=O)OCc2ccccc2)c1. The molecule has 2 aromatic carbocycles. The third-order valence-corrected chi connectivity index (χ3v) is 3.42. The molecule has 0 unspecified atom stereocenters. The number of carbonyl (C=O) groups excluding carboxylic acids is 1. The van der Waals surface area contributed by atoms with Crippen LogP contribution in [0.3, 0.4) is 0 Å². The molecule has 0 atom stereocenters. The van der Waals surface area contributed by atoms with Crippen molar-refractivity contribution in [1.82, 2.24) is 5.32 Å². The molecule has 0 aromatic heterocycles. The average molecular weight is 320 g/mol. The van der Waals surface area contributed by atoms with E-state index in [0.29, 0.717) is 18.5 Å². The van der Waals surface area contributed by atoms with E-state index < -0.39 is 6.09 Å². The number of nitrogens with zero attached hydrogens (tertiary/aromatic N) is 1. The van der Waals surface area contributed by atoms with Crippen LogP contribution < -0.4 is 5.32 Å². The maximum atomic E-state index is 11.6. The first-order valence-corrected chi connectivity index (χ1v) is 7.81. The van der Waals surface area contributed by atoms with Crippen molar-refractivity contribution in [3.05, 3.63) is 76.9 Å². The van der Waals surface area contributed by atoms with Crippen LogP contribution >= 0.6 is 0 Å². The molecule has 0 heterocycles. The molecule has 0 spiro atoms. The zero-order valence-electron chi connectivity index (χ0n) is 13.7. The first-order valence-electron chi connectivity index (χ1n) is 7.81. The highest BCUT2D eigenvalue weighted by atomic mass is 16.5. The maximum Gasteiger partial charge on any atom is 0.407 e. The van der Waals surface area contributed by atoms with Gasteiger partial charge >= 0.3 is 6.09 Å². The molecule has 2 aromatic rings. The molecule has 0 aliphatic rings. The normalized spacial score (nSPS) is 10.3. The Kier molecular flexibility index (Phi) is 6.60. The molecule has 24 heavy (non-hydrogen) atoms. The average Bonchev–Trinajstić information content (AvgIpc) is 2.61. The smallest absolute Gasteiger partial charge is 0.407 e. The highest BCUT2D eigenvalue weighted by molar-refractivity contribution is 5.67. The molecular formula is C20H20N2O2. The number of rotatable bonds is 6. The van der Waals surface area contributed by atoms with Crippen molar-refractivity contribution in [1.29, 1.82) is 5.26 Å². The molecule has 0 aliphatic heterocycles. The van der Waals surface area contributed by atoms with Gasteiger partial charge in [-0.25, -0.2) is 4.79 Å². The lowest BCUT2D eigenvalue weighted by Gasteiger charge is -2.06. The van der Waals surface area contributed by atoms with Gasteiger partial charge in [-0.05, 0) is 30.5 Å². The van der Waals surface area contributed by atoms with Crippen LogP contribution in [0.2, 0.25) is 0 Å². The minimum absolute atomic E-state index is 0.261. The number of amides is 1. The molecular weight excluding hydrogens is 300 g/mol. The number of carbonyl (C=O) groups is 1. The van der Waals surface area contributed by atoms with Crippen LogP contribution in [-0.4, -0.2) is 12.6 Å². The van der Waals surface area contributed by atoms with Crippen LogP contribution in [0, 0.1) is 18.3 Å². The Labute approximate surface area is 142 Å². The lowest BCUT2D eigenvalue weighted by atomic mass is 10.0. The standard InChI is InChI=1S/C20H20N2O2/c1-16-10-11-19(14-21)18(13-16)9-5-6-12-22-20(23)24-15-17-7-3-2-4-8-17/h2-5,7-11,13H,6,12,15H2,1H3,(H,22,23). The summed E-state index contributed by atoms with van der Waals surface area (Å²) in [6.07, 6.45) is 4.08. The van der Waals surface area contributed by atoms with Gasteiger partial charge in [0.1, 0.15) is 6.61 Å². The van der Waals surface area contributed by atoms with Crippen LogP contribution in [0.1, 0.15) is 28.7 Å². The summed E-state index contributed by atoms with van der Waals surface area (Å²) in [7, 11) is 0. The fourth-order valence-corrected chi connectivity index (χ4v) is 2.16. The summed E-state index contributed by atoms with van der Waals surface area (Å²) in [6.45, 7) is 2.73. The molecule has 122 valence electrons. The molecule has 0 fully saturated rings. The maximum absolute atomic E-state index is 11.6. The molecule has 0 saturated carbocycles. The van der Waals surface area contributed by atoms with Gasteiger partial charge < -0.3 is 10.1 Å². The van der Waals surface area contributed by atoms with E-state index in [0.717, 1.165) is 16.7 Å². The van der Waals surface area contributed by atoms with Crippen LogP contribution in [-0.2, 0) is 11.3 Å². The second-order valence-electron chi connectivity index (χ2n) is 5.38. The Morgan fingerprint density at radius 1 is 1.25 bits per heavy atom.